The number of sulfonamides is 1. The minimum atomic E-state index is -3.89. The predicted octanol–water partition coefficient (Wildman–Crippen LogP) is 0.533. The van der Waals surface area contributed by atoms with Crippen molar-refractivity contribution < 1.29 is 27.5 Å². The monoisotopic (exact) mass is 419 g/mol. The average molecular weight is 419 g/mol. The van der Waals surface area contributed by atoms with Crippen LogP contribution in [0.4, 0.5) is 5.69 Å². The van der Waals surface area contributed by atoms with Gasteiger partial charge in [0.05, 0.1) is 10.6 Å². The van der Waals surface area contributed by atoms with Gasteiger partial charge in [-0.3, -0.25) is 18.7 Å². The van der Waals surface area contributed by atoms with Crippen LogP contribution >= 0.6 is 0 Å². The Balaban J connectivity index is 1.64. The summed E-state index contributed by atoms with van der Waals surface area (Å²) in [6.45, 7) is 2.50. The fourth-order valence-corrected chi connectivity index (χ4v) is 4.77. The maximum Gasteiger partial charge on any atom is 0.327 e. The molecule has 1 heterocycles. The maximum atomic E-state index is 12.8. The second-order valence-electron chi connectivity index (χ2n) is 6.49. The second-order valence-corrected chi connectivity index (χ2v) is 8.32. The standard InChI is InChI=1S/C19H21N3O6S/c1-3-20-19(25)12(2)21-16(23)11-28-17(24)10-22-14-8-4-6-13-7-5-9-15(18(13)14)29(22,26)27/h4-9,12H,3,10-11H2,1-2H3,(H,20,25)(H,21,23)/t12-/m0/s1. The molecule has 0 radical (unpaired) electrons. The number of likely N-dealkylation sites (N-methyl/N-ethyl adjacent to an activating group) is 1. The molecule has 2 N–H and O–H groups in total. The van der Waals surface area contributed by atoms with Crippen LogP contribution in [0.15, 0.2) is 41.3 Å². The highest BCUT2D eigenvalue weighted by molar-refractivity contribution is 7.93. The number of anilines is 1. The zero-order valence-corrected chi connectivity index (χ0v) is 16.8. The van der Waals surface area contributed by atoms with Crippen LogP contribution in [-0.4, -0.2) is 51.9 Å². The normalized spacial score (nSPS) is 15.0. The minimum Gasteiger partial charge on any atom is -0.454 e. The summed E-state index contributed by atoms with van der Waals surface area (Å²) in [6, 6.07) is 9.25. The number of ether oxygens (including phenoxy) is 1. The molecule has 2 aromatic carbocycles. The second kappa shape index (κ2) is 8.08. The van der Waals surface area contributed by atoms with Crippen LogP contribution in [0.3, 0.4) is 0 Å². The molecule has 0 aliphatic carbocycles. The average Bonchev–Trinajstić information content (AvgIpc) is 2.90. The van der Waals surface area contributed by atoms with Crippen LogP contribution in [0.2, 0.25) is 0 Å². The van der Waals surface area contributed by atoms with Crippen molar-refractivity contribution in [3.8, 4) is 0 Å². The number of nitrogens with one attached hydrogen (secondary N) is 2. The Labute approximate surface area is 168 Å². The fraction of sp³-hybridized carbons (Fsp3) is 0.316. The molecule has 1 atom stereocenters. The van der Waals surface area contributed by atoms with E-state index in [4.69, 9.17) is 4.74 Å². The summed E-state index contributed by atoms with van der Waals surface area (Å²) in [6.07, 6.45) is 0. The molecule has 1 aliphatic heterocycles. The summed E-state index contributed by atoms with van der Waals surface area (Å²) in [5.74, 6) is -1.90. The highest BCUT2D eigenvalue weighted by Crippen LogP contribution is 2.41. The summed E-state index contributed by atoms with van der Waals surface area (Å²) in [5.41, 5.74) is 0.393. The zero-order valence-electron chi connectivity index (χ0n) is 16.0. The van der Waals surface area contributed by atoms with Gasteiger partial charge < -0.3 is 15.4 Å². The molecule has 3 rings (SSSR count). The number of hydrogen-bond donors (Lipinski definition) is 2. The third-order valence-corrected chi connectivity index (χ3v) is 6.24. The van der Waals surface area contributed by atoms with Gasteiger partial charge in [-0.2, -0.15) is 0 Å². The van der Waals surface area contributed by atoms with Gasteiger partial charge >= 0.3 is 5.97 Å². The van der Waals surface area contributed by atoms with E-state index in [1.54, 1.807) is 37.3 Å². The molecule has 29 heavy (non-hydrogen) atoms. The van der Waals surface area contributed by atoms with Crippen molar-refractivity contribution in [2.24, 2.45) is 0 Å². The summed E-state index contributed by atoms with van der Waals surface area (Å²) >= 11 is 0. The topological polar surface area (TPSA) is 122 Å². The zero-order chi connectivity index (χ0) is 21.2. The number of amides is 2. The minimum absolute atomic E-state index is 0.131. The van der Waals surface area contributed by atoms with Crippen molar-refractivity contribution in [3.63, 3.8) is 0 Å². The highest BCUT2D eigenvalue weighted by Gasteiger charge is 2.37. The summed E-state index contributed by atoms with van der Waals surface area (Å²) in [4.78, 5) is 35.8. The van der Waals surface area contributed by atoms with E-state index >= 15 is 0 Å². The first-order valence-electron chi connectivity index (χ1n) is 9.03. The van der Waals surface area contributed by atoms with Gasteiger partial charge in [-0.05, 0) is 31.4 Å². The number of hydrogen-bond acceptors (Lipinski definition) is 6. The Morgan fingerprint density at radius 1 is 1.14 bits per heavy atom. The first-order chi connectivity index (χ1) is 13.8. The molecule has 2 aromatic rings. The first-order valence-corrected chi connectivity index (χ1v) is 10.5. The molecule has 0 bridgehead atoms. The third-order valence-electron chi connectivity index (χ3n) is 4.44. The van der Waals surface area contributed by atoms with Gasteiger partial charge in [0.2, 0.25) is 5.91 Å². The summed E-state index contributed by atoms with van der Waals surface area (Å²) in [7, 11) is -3.89. The van der Waals surface area contributed by atoms with Crippen LogP contribution in [0.5, 0.6) is 0 Å². The van der Waals surface area contributed by atoms with Crippen molar-refractivity contribution in [3.05, 3.63) is 36.4 Å². The van der Waals surface area contributed by atoms with Gasteiger partial charge in [0.1, 0.15) is 12.6 Å². The predicted molar refractivity (Wildman–Crippen MR) is 106 cm³/mol. The highest BCUT2D eigenvalue weighted by atomic mass is 32.2. The van der Waals surface area contributed by atoms with Crippen LogP contribution < -0.4 is 14.9 Å². The van der Waals surface area contributed by atoms with E-state index in [2.05, 4.69) is 10.6 Å². The lowest BCUT2D eigenvalue weighted by molar-refractivity contribution is -0.147. The number of benzene rings is 2. The Hall–Kier alpha value is -3.14. The van der Waals surface area contributed by atoms with Crippen LogP contribution in [0, 0.1) is 0 Å². The van der Waals surface area contributed by atoms with E-state index in [-0.39, 0.29) is 10.8 Å². The number of nitrogens with zero attached hydrogens (tertiary/aromatic N) is 1. The molecule has 0 saturated carbocycles. The molecule has 10 heteroatoms. The van der Waals surface area contributed by atoms with E-state index in [9.17, 15) is 22.8 Å². The van der Waals surface area contributed by atoms with Crippen molar-refractivity contribution in [1.82, 2.24) is 10.6 Å². The molecule has 9 nitrogen and oxygen atoms in total. The SMILES string of the molecule is CCNC(=O)[C@H](C)NC(=O)COC(=O)CN1c2cccc3cccc(c23)S1(=O)=O. The lowest BCUT2D eigenvalue weighted by Crippen LogP contribution is -2.46. The molecule has 0 aromatic heterocycles. The Kier molecular flexibility index (Phi) is 5.73. The molecule has 0 saturated heterocycles. The van der Waals surface area contributed by atoms with Gasteiger partial charge in [-0.15, -0.1) is 0 Å². The fourth-order valence-electron chi connectivity index (χ4n) is 3.11. The number of carbonyl (C=O) groups excluding carboxylic acids is 3. The van der Waals surface area contributed by atoms with Gasteiger partial charge in [0.15, 0.2) is 6.61 Å². The van der Waals surface area contributed by atoms with E-state index in [0.29, 0.717) is 17.6 Å². The molecular formula is C19H21N3O6S. The molecule has 154 valence electrons. The lowest BCUT2D eigenvalue weighted by atomic mass is 10.1. The van der Waals surface area contributed by atoms with Crippen molar-refractivity contribution in [2.75, 3.05) is 24.0 Å². The summed E-state index contributed by atoms with van der Waals surface area (Å²) in [5, 5.41) is 6.26. The Bertz CT molecular complexity index is 1080. The van der Waals surface area contributed by atoms with Crippen molar-refractivity contribution in [1.29, 1.82) is 0 Å². The molecule has 0 spiro atoms. The first kappa shape index (κ1) is 20.6. The van der Waals surface area contributed by atoms with Gasteiger partial charge in [0, 0.05) is 11.9 Å². The Morgan fingerprint density at radius 2 is 1.83 bits per heavy atom. The number of rotatable bonds is 7. The molecule has 0 unspecified atom stereocenters. The third kappa shape index (κ3) is 4.02. The molecule has 1 aliphatic rings. The molecule has 2 amide bonds. The van der Waals surface area contributed by atoms with E-state index < -0.39 is 41.1 Å². The summed E-state index contributed by atoms with van der Waals surface area (Å²) < 4.78 is 31.5. The lowest BCUT2D eigenvalue weighted by Gasteiger charge is -2.18. The van der Waals surface area contributed by atoms with Crippen LogP contribution in [-0.2, 0) is 29.1 Å². The molecule has 0 fully saturated rings. The van der Waals surface area contributed by atoms with Crippen LogP contribution in [0.1, 0.15) is 13.8 Å². The van der Waals surface area contributed by atoms with Crippen molar-refractivity contribution >= 4 is 44.3 Å². The van der Waals surface area contributed by atoms with Crippen LogP contribution in [0.25, 0.3) is 10.8 Å². The van der Waals surface area contributed by atoms with E-state index in [0.717, 1.165) is 9.69 Å². The van der Waals surface area contributed by atoms with Gasteiger partial charge in [-0.25, -0.2) is 8.42 Å². The number of carbonyl (C=O) groups is 3. The van der Waals surface area contributed by atoms with E-state index in [1.165, 1.54) is 13.0 Å². The van der Waals surface area contributed by atoms with Crippen molar-refractivity contribution in [2.45, 2.75) is 24.8 Å². The molecular weight excluding hydrogens is 398 g/mol. The van der Waals surface area contributed by atoms with E-state index in [1.807, 2.05) is 0 Å². The Morgan fingerprint density at radius 3 is 2.52 bits per heavy atom. The maximum absolute atomic E-state index is 12.8. The van der Waals surface area contributed by atoms with Gasteiger partial charge in [-0.1, -0.05) is 24.3 Å². The largest absolute Gasteiger partial charge is 0.454 e. The quantitative estimate of drug-likeness (QED) is 0.632. The van der Waals surface area contributed by atoms with Gasteiger partial charge in [0.25, 0.3) is 15.9 Å². The number of esters is 1. The smallest absolute Gasteiger partial charge is 0.327 e.